The van der Waals surface area contributed by atoms with E-state index in [1.807, 2.05) is 35.4 Å². The van der Waals surface area contributed by atoms with Gasteiger partial charge < -0.3 is 15.5 Å². The smallest absolute Gasteiger partial charge is 0.264 e. The average molecular weight is 456 g/mol. The molecule has 0 unspecified atom stereocenters. The SMILES string of the molecule is O=C(c1cc2c(s1)/C=C\C/C=N\C(NCCc1cccc(Cl)c1)=N/C2)N1CCNCC1. The number of allylic oxidation sites excluding steroid dienone is 1. The second-order valence-corrected chi connectivity index (χ2v) is 8.96. The molecule has 1 aromatic heterocycles. The van der Waals surface area contributed by atoms with Crippen LogP contribution in [0.3, 0.4) is 0 Å². The van der Waals surface area contributed by atoms with Crippen molar-refractivity contribution in [3.05, 3.63) is 62.3 Å². The molecule has 0 atom stereocenters. The second kappa shape index (κ2) is 10.7. The molecule has 4 rings (SSSR count). The Morgan fingerprint density at radius 1 is 1.26 bits per heavy atom. The van der Waals surface area contributed by atoms with Crippen LogP contribution in [0.4, 0.5) is 0 Å². The summed E-state index contributed by atoms with van der Waals surface area (Å²) in [7, 11) is 0. The molecule has 2 aliphatic heterocycles. The van der Waals surface area contributed by atoms with Crippen LogP contribution in [0.2, 0.25) is 5.02 Å². The number of hydrogen-bond donors (Lipinski definition) is 2. The van der Waals surface area contributed by atoms with Gasteiger partial charge in [0.05, 0.1) is 11.4 Å². The molecule has 2 aromatic rings. The first kappa shape index (κ1) is 21.7. The van der Waals surface area contributed by atoms with Gasteiger partial charge in [-0.05, 0) is 41.8 Å². The minimum atomic E-state index is 0.113. The molecule has 6 nitrogen and oxygen atoms in total. The number of benzene rings is 1. The zero-order chi connectivity index (χ0) is 21.5. The summed E-state index contributed by atoms with van der Waals surface area (Å²) in [4.78, 5) is 25.8. The van der Waals surface area contributed by atoms with Crippen LogP contribution in [0.5, 0.6) is 0 Å². The summed E-state index contributed by atoms with van der Waals surface area (Å²) in [6, 6.07) is 9.86. The van der Waals surface area contributed by atoms with Gasteiger partial charge >= 0.3 is 0 Å². The van der Waals surface area contributed by atoms with Gasteiger partial charge in [0.15, 0.2) is 0 Å². The maximum absolute atomic E-state index is 12.9. The van der Waals surface area contributed by atoms with Gasteiger partial charge in [-0.2, -0.15) is 0 Å². The Hall–Kier alpha value is -2.48. The Morgan fingerprint density at radius 3 is 2.97 bits per heavy atom. The number of thiophene rings is 1. The van der Waals surface area contributed by atoms with Crippen molar-refractivity contribution in [3.8, 4) is 0 Å². The average Bonchev–Trinajstić information content (AvgIpc) is 3.20. The summed E-state index contributed by atoms with van der Waals surface area (Å²) in [6.07, 6.45) is 7.56. The highest BCUT2D eigenvalue weighted by molar-refractivity contribution is 7.15. The maximum Gasteiger partial charge on any atom is 0.264 e. The molecule has 1 amide bonds. The van der Waals surface area contributed by atoms with Crippen molar-refractivity contribution in [1.29, 1.82) is 0 Å². The van der Waals surface area contributed by atoms with Crippen LogP contribution >= 0.6 is 22.9 Å². The normalized spacial score (nSPS) is 20.3. The quantitative estimate of drug-likeness (QED) is 0.739. The molecule has 31 heavy (non-hydrogen) atoms. The molecule has 0 radical (unpaired) electrons. The fourth-order valence-corrected chi connectivity index (χ4v) is 4.81. The van der Waals surface area contributed by atoms with Gasteiger partial charge in [-0.3, -0.25) is 4.79 Å². The van der Waals surface area contributed by atoms with E-state index >= 15 is 0 Å². The van der Waals surface area contributed by atoms with Crippen LogP contribution in [-0.2, 0) is 13.0 Å². The van der Waals surface area contributed by atoms with Crippen molar-refractivity contribution in [2.45, 2.75) is 19.4 Å². The molecule has 0 bridgehead atoms. The van der Waals surface area contributed by atoms with Crippen molar-refractivity contribution in [2.75, 3.05) is 32.7 Å². The molecule has 2 aliphatic rings. The molecule has 2 N–H and O–H groups in total. The maximum atomic E-state index is 12.9. The van der Waals surface area contributed by atoms with Crippen molar-refractivity contribution >= 4 is 47.1 Å². The van der Waals surface area contributed by atoms with Gasteiger partial charge in [-0.15, -0.1) is 11.3 Å². The number of carbonyl (C=O) groups is 1. The van der Waals surface area contributed by atoms with E-state index in [2.05, 4.69) is 38.8 Å². The van der Waals surface area contributed by atoms with Crippen molar-refractivity contribution < 1.29 is 4.79 Å². The van der Waals surface area contributed by atoms with Crippen LogP contribution in [0.25, 0.3) is 6.08 Å². The Kier molecular flexibility index (Phi) is 7.51. The van der Waals surface area contributed by atoms with Crippen LogP contribution in [0.15, 0.2) is 46.4 Å². The van der Waals surface area contributed by atoms with E-state index in [1.165, 1.54) is 5.56 Å². The summed E-state index contributed by atoms with van der Waals surface area (Å²) in [5, 5.41) is 7.36. The van der Waals surface area contributed by atoms with Crippen LogP contribution in [-0.4, -0.2) is 55.7 Å². The Labute approximate surface area is 191 Å². The monoisotopic (exact) mass is 455 g/mol. The largest absolute Gasteiger partial charge is 0.354 e. The Balaban J connectivity index is 1.43. The van der Waals surface area contributed by atoms with Crippen LogP contribution in [0, 0.1) is 0 Å². The number of amides is 1. The number of nitrogens with zero attached hydrogens (tertiary/aromatic N) is 3. The Morgan fingerprint density at radius 2 is 2.13 bits per heavy atom. The van der Waals surface area contributed by atoms with Crippen molar-refractivity contribution in [3.63, 3.8) is 0 Å². The standard InChI is InChI=1S/C23H26ClN5OS/c24-19-5-3-4-17(14-19)7-9-27-23-26-8-2-1-6-20-18(16-28-23)15-21(31-20)22(30)29-12-10-25-11-13-29/h1,3-6,8,14-15,25H,2,7,9-13,16H2,(H,27,28)/b6-1-,26-8-. The lowest BCUT2D eigenvalue weighted by molar-refractivity contribution is 0.0740. The van der Waals surface area contributed by atoms with Crippen molar-refractivity contribution in [2.24, 2.45) is 9.98 Å². The molecule has 1 fully saturated rings. The summed E-state index contributed by atoms with van der Waals surface area (Å²) >= 11 is 7.61. The fourth-order valence-electron chi connectivity index (χ4n) is 3.53. The fraction of sp³-hybridized carbons (Fsp3) is 0.348. The number of rotatable bonds is 4. The van der Waals surface area contributed by atoms with Gasteiger partial charge in [0.25, 0.3) is 5.91 Å². The summed E-state index contributed by atoms with van der Waals surface area (Å²) in [5.41, 5.74) is 2.23. The highest BCUT2D eigenvalue weighted by atomic mass is 35.5. The third kappa shape index (κ3) is 6.03. The highest BCUT2D eigenvalue weighted by Crippen LogP contribution is 2.27. The van der Waals surface area contributed by atoms with E-state index in [0.29, 0.717) is 18.9 Å². The third-order valence-corrected chi connectivity index (χ3v) is 6.53. The molecule has 0 aliphatic carbocycles. The first-order valence-corrected chi connectivity index (χ1v) is 11.7. The van der Waals surface area contributed by atoms with E-state index in [9.17, 15) is 4.79 Å². The molecule has 0 spiro atoms. The number of fused-ring (bicyclic) bond motifs is 1. The third-order valence-electron chi connectivity index (χ3n) is 5.17. The minimum Gasteiger partial charge on any atom is -0.354 e. The number of guanidine groups is 1. The van der Waals surface area contributed by atoms with E-state index in [4.69, 9.17) is 11.6 Å². The first-order chi connectivity index (χ1) is 15.2. The number of halogens is 1. The molecule has 1 saturated heterocycles. The van der Waals surface area contributed by atoms with Gasteiger partial charge in [0.2, 0.25) is 5.96 Å². The van der Waals surface area contributed by atoms with Gasteiger partial charge in [0.1, 0.15) is 0 Å². The van der Waals surface area contributed by atoms with Gasteiger partial charge in [-0.25, -0.2) is 9.98 Å². The molecule has 3 heterocycles. The molecular weight excluding hydrogens is 430 g/mol. The Bertz CT molecular complexity index is 1010. The number of piperazine rings is 1. The predicted octanol–water partition coefficient (Wildman–Crippen LogP) is 3.62. The number of nitrogens with one attached hydrogen (secondary N) is 2. The van der Waals surface area contributed by atoms with Crippen molar-refractivity contribution in [1.82, 2.24) is 15.5 Å². The lowest BCUT2D eigenvalue weighted by Gasteiger charge is -2.26. The van der Waals surface area contributed by atoms with Crippen LogP contribution in [0.1, 0.15) is 32.1 Å². The predicted molar refractivity (Wildman–Crippen MR) is 130 cm³/mol. The summed E-state index contributed by atoms with van der Waals surface area (Å²) in [5.74, 6) is 0.729. The van der Waals surface area contributed by atoms with E-state index in [1.54, 1.807) is 11.3 Å². The van der Waals surface area contributed by atoms with Crippen LogP contribution < -0.4 is 10.6 Å². The summed E-state index contributed by atoms with van der Waals surface area (Å²) < 4.78 is 0. The zero-order valence-electron chi connectivity index (χ0n) is 17.3. The molecule has 1 aromatic carbocycles. The van der Waals surface area contributed by atoms with E-state index < -0.39 is 0 Å². The lowest BCUT2D eigenvalue weighted by Crippen LogP contribution is -2.46. The number of carbonyl (C=O) groups excluding carboxylic acids is 1. The molecular formula is C23H26ClN5OS. The highest BCUT2D eigenvalue weighted by Gasteiger charge is 2.21. The molecule has 8 heteroatoms. The van der Waals surface area contributed by atoms with Gasteiger partial charge in [-0.1, -0.05) is 29.8 Å². The summed E-state index contributed by atoms with van der Waals surface area (Å²) in [6.45, 7) is 4.41. The lowest BCUT2D eigenvalue weighted by atomic mass is 10.1. The molecule has 0 saturated carbocycles. The number of aliphatic imine (C=N–C) groups is 2. The van der Waals surface area contributed by atoms with E-state index in [-0.39, 0.29) is 5.91 Å². The first-order valence-electron chi connectivity index (χ1n) is 10.5. The minimum absolute atomic E-state index is 0.113. The number of hydrogen-bond acceptors (Lipinski definition) is 6. The van der Waals surface area contributed by atoms with Gasteiger partial charge in [0, 0.05) is 55.3 Å². The molecule has 162 valence electrons. The van der Waals surface area contributed by atoms with E-state index in [0.717, 1.165) is 59.5 Å². The topological polar surface area (TPSA) is 69.1 Å². The second-order valence-electron chi connectivity index (χ2n) is 7.44. The zero-order valence-corrected chi connectivity index (χ0v) is 18.9.